The van der Waals surface area contributed by atoms with E-state index < -0.39 is 11.6 Å². The standard InChI is InChI=1S/C15H21BrN2O2/c1-15(2)14(20)17(3)7-8-18(15)10-13(19)11-5-4-6-12(16)9-11/h4-6,9,13,19H,7-8,10H2,1-3H3. The van der Waals surface area contributed by atoms with Gasteiger partial charge in [-0.1, -0.05) is 28.1 Å². The van der Waals surface area contributed by atoms with Gasteiger partial charge in [-0.3, -0.25) is 9.69 Å². The summed E-state index contributed by atoms with van der Waals surface area (Å²) >= 11 is 3.41. The molecule has 1 aromatic rings. The largest absolute Gasteiger partial charge is 0.387 e. The summed E-state index contributed by atoms with van der Waals surface area (Å²) in [4.78, 5) is 16.0. The molecule has 1 amide bonds. The summed E-state index contributed by atoms with van der Waals surface area (Å²) in [6.07, 6.45) is -0.594. The van der Waals surface area contributed by atoms with Crippen molar-refractivity contribution in [3.8, 4) is 0 Å². The zero-order valence-corrected chi connectivity index (χ0v) is 13.7. The minimum atomic E-state index is -0.594. The van der Waals surface area contributed by atoms with Crippen molar-refractivity contribution in [2.75, 3.05) is 26.7 Å². The molecule has 0 bridgehead atoms. The zero-order valence-electron chi connectivity index (χ0n) is 12.1. The Morgan fingerprint density at radius 2 is 2.10 bits per heavy atom. The number of amides is 1. The average Bonchev–Trinajstić information content (AvgIpc) is 2.40. The van der Waals surface area contributed by atoms with E-state index in [-0.39, 0.29) is 5.91 Å². The average molecular weight is 341 g/mol. The van der Waals surface area contributed by atoms with E-state index in [1.54, 1.807) is 4.90 Å². The number of halogens is 1. The van der Waals surface area contributed by atoms with Gasteiger partial charge in [-0.25, -0.2) is 0 Å². The summed E-state index contributed by atoms with van der Waals surface area (Å²) in [6, 6.07) is 7.65. The van der Waals surface area contributed by atoms with Gasteiger partial charge in [-0.15, -0.1) is 0 Å². The number of nitrogens with zero attached hydrogens (tertiary/aromatic N) is 2. The molecule has 1 aliphatic rings. The number of rotatable bonds is 3. The van der Waals surface area contributed by atoms with Crippen molar-refractivity contribution in [3.05, 3.63) is 34.3 Å². The van der Waals surface area contributed by atoms with Crippen molar-refractivity contribution >= 4 is 21.8 Å². The lowest BCUT2D eigenvalue weighted by Gasteiger charge is -2.45. The minimum Gasteiger partial charge on any atom is -0.387 e. The fraction of sp³-hybridized carbons (Fsp3) is 0.533. The van der Waals surface area contributed by atoms with Crippen LogP contribution in [-0.4, -0.2) is 53.0 Å². The maximum atomic E-state index is 12.2. The highest BCUT2D eigenvalue weighted by Crippen LogP contribution is 2.26. The third-order valence-corrected chi connectivity index (χ3v) is 4.49. The third kappa shape index (κ3) is 3.05. The summed E-state index contributed by atoms with van der Waals surface area (Å²) in [5.74, 6) is 0.102. The predicted octanol–water partition coefficient (Wildman–Crippen LogP) is 2.04. The van der Waals surface area contributed by atoms with Gasteiger partial charge in [0.15, 0.2) is 0 Å². The number of piperazine rings is 1. The first kappa shape index (κ1) is 15.5. The van der Waals surface area contributed by atoms with Crippen LogP contribution in [0.25, 0.3) is 0 Å². The van der Waals surface area contributed by atoms with Gasteiger partial charge in [0.05, 0.1) is 11.6 Å². The van der Waals surface area contributed by atoms with Crippen LogP contribution in [-0.2, 0) is 4.79 Å². The number of aliphatic hydroxyl groups is 1. The number of aliphatic hydroxyl groups excluding tert-OH is 1. The third-order valence-electron chi connectivity index (χ3n) is 3.99. The van der Waals surface area contributed by atoms with Crippen molar-refractivity contribution in [2.45, 2.75) is 25.5 Å². The second kappa shape index (κ2) is 5.84. The summed E-state index contributed by atoms with van der Waals surface area (Å²) < 4.78 is 0.947. The second-order valence-corrected chi connectivity index (χ2v) is 6.72. The zero-order chi connectivity index (χ0) is 14.9. The summed E-state index contributed by atoms with van der Waals surface area (Å²) in [5.41, 5.74) is 0.293. The van der Waals surface area contributed by atoms with Gasteiger partial charge in [0, 0.05) is 31.2 Å². The highest BCUT2D eigenvalue weighted by Gasteiger charge is 2.40. The van der Waals surface area contributed by atoms with E-state index in [9.17, 15) is 9.90 Å². The Morgan fingerprint density at radius 3 is 2.75 bits per heavy atom. The lowest BCUT2D eigenvalue weighted by atomic mass is 9.96. The Balaban J connectivity index is 2.11. The number of β-amino-alcohol motifs (C(OH)–C–C–N with tert-alkyl or cyclic N) is 1. The van der Waals surface area contributed by atoms with Gasteiger partial charge in [-0.05, 0) is 31.5 Å². The number of likely N-dealkylation sites (N-methyl/N-ethyl adjacent to an activating group) is 1. The summed E-state index contributed by atoms with van der Waals surface area (Å²) in [7, 11) is 1.83. The first-order valence-corrected chi connectivity index (χ1v) is 7.56. The van der Waals surface area contributed by atoms with E-state index >= 15 is 0 Å². The Labute approximate surface area is 128 Å². The summed E-state index contributed by atoms with van der Waals surface area (Å²) in [5, 5.41) is 10.4. The van der Waals surface area contributed by atoms with Crippen molar-refractivity contribution in [1.82, 2.24) is 9.80 Å². The smallest absolute Gasteiger partial charge is 0.242 e. The van der Waals surface area contributed by atoms with Gasteiger partial charge in [0.1, 0.15) is 0 Å². The van der Waals surface area contributed by atoms with E-state index in [1.165, 1.54) is 0 Å². The minimum absolute atomic E-state index is 0.102. The molecule has 0 aromatic heterocycles. The number of benzene rings is 1. The van der Waals surface area contributed by atoms with Gasteiger partial charge in [-0.2, -0.15) is 0 Å². The van der Waals surface area contributed by atoms with E-state index in [0.29, 0.717) is 13.1 Å². The molecular formula is C15H21BrN2O2. The van der Waals surface area contributed by atoms with Gasteiger partial charge >= 0.3 is 0 Å². The van der Waals surface area contributed by atoms with E-state index in [1.807, 2.05) is 45.2 Å². The van der Waals surface area contributed by atoms with Crippen LogP contribution in [0, 0.1) is 0 Å². The summed E-state index contributed by atoms with van der Waals surface area (Å²) in [6.45, 7) is 5.77. The van der Waals surface area contributed by atoms with Crippen molar-refractivity contribution in [2.24, 2.45) is 0 Å². The lowest BCUT2D eigenvalue weighted by Crippen LogP contribution is -2.62. The predicted molar refractivity (Wildman–Crippen MR) is 82.4 cm³/mol. The van der Waals surface area contributed by atoms with E-state index in [2.05, 4.69) is 20.8 Å². The van der Waals surface area contributed by atoms with Crippen LogP contribution in [0.1, 0.15) is 25.5 Å². The molecule has 4 nitrogen and oxygen atoms in total. The molecule has 1 saturated heterocycles. The number of carbonyl (C=O) groups excluding carboxylic acids is 1. The fourth-order valence-corrected chi connectivity index (χ4v) is 3.02. The molecule has 1 atom stereocenters. The quantitative estimate of drug-likeness (QED) is 0.915. The normalized spacial score (nSPS) is 21.1. The molecule has 1 aromatic carbocycles. The molecule has 110 valence electrons. The van der Waals surface area contributed by atoms with Crippen LogP contribution in [0.5, 0.6) is 0 Å². The van der Waals surface area contributed by atoms with Crippen LogP contribution < -0.4 is 0 Å². The molecule has 0 radical (unpaired) electrons. The Morgan fingerprint density at radius 1 is 1.40 bits per heavy atom. The van der Waals surface area contributed by atoms with Crippen molar-refractivity contribution in [1.29, 1.82) is 0 Å². The fourth-order valence-electron chi connectivity index (χ4n) is 2.60. The molecule has 0 spiro atoms. The van der Waals surface area contributed by atoms with Crippen LogP contribution in [0.15, 0.2) is 28.7 Å². The molecular weight excluding hydrogens is 320 g/mol. The molecule has 2 rings (SSSR count). The van der Waals surface area contributed by atoms with Crippen LogP contribution in [0.2, 0.25) is 0 Å². The molecule has 0 aliphatic carbocycles. The van der Waals surface area contributed by atoms with E-state index in [0.717, 1.165) is 16.6 Å². The monoisotopic (exact) mass is 340 g/mol. The van der Waals surface area contributed by atoms with Crippen molar-refractivity contribution in [3.63, 3.8) is 0 Å². The first-order valence-electron chi connectivity index (χ1n) is 6.76. The topological polar surface area (TPSA) is 43.8 Å². The molecule has 1 unspecified atom stereocenters. The number of carbonyl (C=O) groups is 1. The van der Waals surface area contributed by atoms with Crippen LogP contribution in [0.4, 0.5) is 0 Å². The van der Waals surface area contributed by atoms with Crippen LogP contribution in [0.3, 0.4) is 0 Å². The molecule has 1 fully saturated rings. The number of hydrogen-bond donors (Lipinski definition) is 1. The van der Waals surface area contributed by atoms with Gasteiger partial charge in [0.25, 0.3) is 0 Å². The first-order chi connectivity index (χ1) is 9.32. The Hall–Kier alpha value is -0.910. The SMILES string of the molecule is CN1CCN(CC(O)c2cccc(Br)c2)C(C)(C)C1=O. The molecule has 1 N–H and O–H groups in total. The molecule has 1 heterocycles. The second-order valence-electron chi connectivity index (χ2n) is 5.80. The molecule has 5 heteroatoms. The van der Waals surface area contributed by atoms with Crippen LogP contribution >= 0.6 is 15.9 Å². The lowest BCUT2D eigenvalue weighted by molar-refractivity contribution is -0.148. The van der Waals surface area contributed by atoms with Crippen molar-refractivity contribution < 1.29 is 9.90 Å². The Kier molecular flexibility index (Phi) is 4.52. The maximum Gasteiger partial charge on any atom is 0.242 e. The molecule has 0 saturated carbocycles. The van der Waals surface area contributed by atoms with Gasteiger partial charge < -0.3 is 10.0 Å². The molecule has 1 aliphatic heterocycles. The number of hydrogen-bond acceptors (Lipinski definition) is 3. The highest BCUT2D eigenvalue weighted by molar-refractivity contribution is 9.10. The van der Waals surface area contributed by atoms with E-state index in [4.69, 9.17) is 0 Å². The maximum absolute atomic E-state index is 12.2. The highest BCUT2D eigenvalue weighted by atomic mass is 79.9. The Bertz CT molecular complexity index is 504. The van der Waals surface area contributed by atoms with Gasteiger partial charge in [0.2, 0.25) is 5.91 Å². The molecule has 20 heavy (non-hydrogen) atoms.